The van der Waals surface area contributed by atoms with Crippen LogP contribution in [0.3, 0.4) is 0 Å². The van der Waals surface area contributed by atoms with Gasteiger partial charge in [0.1, 0.15) is 24.4 Å². The van der Waals surface area contributed by atoms with Crippen molar-refractivity contribution in [3.05, 3.63) is 0 Å². The molecule has 0 aromatic rings. The van der Waals surface area contributed by atoms with Crippen molar-refractivity contribution >= 4 is 0 Å². The molecule has 0 aromatic carbocycles. The molecule has 3 N–H and O–H groups in total. The summed E-state index contributed by atoms with van der Waals surface area (Å²) in [7, 11) is 0. The van der Waals surface area contributed by atoms with Gasteiger partial charge in [-0.15, -0.1) is 0 Å². The first kappa shape index (κ1) is 19.1. The van der Waals surface area contributed by atoms with Crippen molar-refractivity contribution < 1.29 is 29.5 Å². The van der Waals surface area contributed by atoms with Crippen LogP contribution in [0.5, 0.6) is 0 Å². The molecule has 10 unspecified atom stereocenters. The van der Waals surface area contributed by atoms with Crippen LogP contribution in [0.1, 0.15) is 41.0 Å². The van der Waals surface area contributed by atoms with E-state index in [1.54, 1.807) is 6.92 Å². The minimum atomic E-state index is -1.09. The second-order valence-electron chi connectivity index (χ2n) is 7.17. The largest absolute Gasteiger partial charge is 0.394 e. The van der Waals surface area contributed by atoms with Gasteiger partial charge < -0.3 is 29.5 Å². The van der Waals surface area contributed by atoms with Gasteiger partial charge in [-0.05, 0) is 25.2 Å². The second-order valence-corrected chi connectivity index (χ2v) is 7.17. The maximum Gasteiger partial charge on any atom is 0.161 e. The van der Waals surface area contributed by atoms with Crippen LogP contribution in [-0.2, 0) is 14.2 Å². The molecule has 23 heavy (non-hydrogen) atoms. The molecule has 0 spiro atoms. The number of aliphatic hydroxyl groups excluding tert-OH is 3. The minimum Gasteiger partial charge on any atom is -0.394 e. The van der Waals surface area contributed by atoms with E-state index in [0.29, 0.717) is 11.8 Å². The predicted octanol–water partition coefficient (Wildman–Crippen LogP) is 0.916. The van der Waals surface area contributed by atoms with Gasteiger partial charge in [-0.2, -0.15) is 0 Å². The molecular weight excluding hydrogens is 300 g/mol. The average Bonchev–Trinajstić information content (AvgIpc) is 2.54. The lowest BCUT2D eigenvalue weighted by molar-refractivity contribution is -0.315. The van der Waals surface area contributed by atoms with Crippen LogP contribution in [0, 0.1) is 17.8 Å². The zero-order valence-electron chi connectivity index (χ0n) is 14.8. The van der Waals surface area contributed by atoms with E-state index >= 15 is 0 Å². The summed E-state index contributed by atoms with van der Waals surface area (Å²) >= 11 is 0. The molecule has 2 aliphatic rings. The van der Waals surface area contributed by atoms with Crippen molar-refractivity contribution in [3.8, 4) is 0 Å². The van der Waals surface area contributed by atoms with Gasteiger partial charge in [-0.1, -0.05) is 27.7 Å². The normalized spacial score (nSPS) is 51.7. The quantitative estimate of drug-likeness (QED) is 0.709. The zero-order valence-corrected chi connectivity index (χ0v) is 14.8. The molecule has 2 aliphatic heterocycles. The molecule has 0 aromatic heterocycles. The molecule has 2 rings (SSSR count). The molecule has 0 bridgehead atoms. The Kier molecular flexibility index (Phi) is 6.44. The average molecular weight is 332 g/mol. The van der Waals surface area contributed by atoms with Crippen LogP contribution in [0.25, 0.3) is 0 Å². The molecule has 0 amide bonds. The molecule has 6 nitrogen and oxygen atoms in total. The Balaban J connectivity index is 2.11. The highest BCUT2D eigenvalue weighted by Gasteiger charge is 2.47. The van der Waals surface area contributed by atoms with E-state index in [0.717, 1.165) is 6.42 Å². The number of aliphatic hydroxyl groups is 3. The van der Waals surface area contributed by atoms with E-state index in [2.05, 4.69) is 27.7 Å². The Morgan fingerprint density at radius 2 is 1.52 bits per heavy atom. The van der Waals surface area contributed by atoms with Crippen LogP contribution in [-0.4, -0.2) is 64.8 Å². The Morgan fingerprint density at radius 1 is 0.870 bits per heavy atom. The van der Waals surface area contributed by atoms with E-state index < -0.39 is 36.8 Å². The molecule has 0 aliphatic carbocycles. The van der Waals surface area contributed by atoms with Crippen LogP contribution in [0.2, 0.25) is 0 Å². The van der Waals surface area contributed by atoms with E-state index in [4.69, 9.17) is 14.2 Å². The third kappa shape index (κ3) is 3.72. The Hall–Kier alpha value is -0.240. The van der Waals surface area contributed by atoms with Crippen molar-refractivity contribution in [2.24, 2.45) is 17.8 Å². The maximum atomic E-state index is 10.3. The summed E-state index contributed by atoms with van der Waals surface area (Å²) in [6.07, 6.45) is -3.63. The van der Waals surface area contributed by atoms with Crippen LogP contribution >= 0.6 is 0 Å². The van der Waals surface area contributed by atoms with E-state index in [9.17, 15) is 15.3 Å². The van der Waals surface area contributed by atoms with Gasteiger partial charge in [0.15, 0.2) is 6.29 Å². The topological polar surface area (TPSA) is 88.4 Å². The first-order valence-electron chi connectivity index (χ1n) is 8.75. The van der Waals surface area contributed by atoms with E-state index in [-0.39, 0.29) is 18.6 Å². The molecule has 0 radical (unpaired) electrons. The lowest BCUT2D eigenvalue weighted by Crippen LogP contribution is -2.60. The zero-order chi connectivity index (χ0) is 17.3. The van der Waals surface area contributed by atoms with Crippen molar-refractivity contribution in [3.63, 3.8) is 0 Å². The summed E-state index contributed by atoms with van der Waals surface area (Å²) < 4.78 is 17.5. The SMILES string of the molecule is CCC1OC(OC2C(O)C(C)OC(CO)C2O)C(C)C(C)C1C. The third-order valence-electron chi connectivity index (χ3n) is 5.78. The van der Waals surface area contributed by atoms with Crippen molar-refractivity contribution in [1.82, 2.24) is 0 Å². The monoisotopic (exact) mass is 332 g/mol. The highest BCUT2D eigenvalue weighted by molar-refractivity contribution is 4.93. The summed E-state index contributed by atoms with van der Waals surface area (Å²) in [5.74, 6) is 1.00. The molecule has 0 saturated carbocycles. The molecule has 10 atom stereocenters. The fraction of sp³-hybridized carbons (Fsp3) is 1.00. The molecule has 2 heterocycles. The van der Waals surface area contributed by atoms with Crippen molar-refractivity contribution in [2.45, 2.75) is 84.0 Å². The van der Waals surface area contributed by atoms with Crippen LogP contribution in [0.4, 0.5) is 0 Å². The van der Waals surface area contributed by atoms with Gasteiger partial charge in [-0.3, -0.25) is 0 Å². The Morgan fingerprint density at radius 3 is 2.09 bits per heavy atom. The third-order valence-corrected chi connectivity index (χ3v) is 5.78. The lowest BCUT2D eigenvalue weighted by atomic mass is 9.78. The molecule has 136 valence electrons. The fourth-order valence-corrected chi connectivity index (χ4v) is 3.69. The highest BCUT2D eigenvalue weighted by Crippen LogP contribution is 2.38. The number of hydrogen-bond acceptors (Lipinski definition) is 6. The van der Waals surface area contributed by atoms with Gasteiger partial charge in [0.2, 0.25) is 0 Å². The highest BCUT2D eigenvalue weighted by atomic mass is 16.7. The van der Waals surface area contributed by atoms with E-state index in [1.165, 1.54) is 0 Å². The fourth-order valence-electron chi connectivity index (χ4n) is 3.69. The smallest absolute Gasteiger partial charge is 0.161 e. The predicted molar refractivity (Wildman–Crippen MR) is 84.8 cm³/mol. The summed E-state index contributed by atoms with van der Waals surface area (Å²) in [5, 5.41) is 30.0. The van der Waals surface area contributed by atoms with Gasteiger partial charge in [0.25, 0.3) is 0 Å². The summed E-state index contributed by atoms with van der Waals surface area (Å²) in [6, 6.07) is 0. The van der Waals surface area contributed by atoms with Gasteiger partial charge in [-0.25, -0.2) is 0 Å². The number of ether oxygens (including phenoxy) is 3. The Bertz CT molecular complexity index is 376. The van der Waals surface area contributed by atoms with Gasteiger partial charge in [0.05, 0.1) is 18.8 Å². The Labute approximate surface area is 138 Å². The number of rotatable bonds is 4. The number of hydrogen-bond donors (Lipinski definition) is 3. The summed E-state index contributed by atoms with van der Waals surface area (Å²) in [6.45, 7) is 9.93. The van der Waals surface area contributed by atoms with Crippen LogP contribution < -0.4 is 0 Å². The summed E-state index contributed by atoms with van der Waals surface area (Å²) in [4.78, 5) is 0. The molecule has 2 fully saturated rings. The van der Waals surface area contributed by atoms with Crippen LogP contribution in [0.15, 0.2) is 0 Å². The molecule has 6 heteroatoms. The first-order chi connectivity index (χ1) is 10.8. The van der Waals surface area contributed by atoms with Gasteiger partial charge in [0, 0.05) is 5.92 Å². The first-order valence-corrected chi connectivity index (χ1v) is 8.75. The van der Waals surface area contributed by atoms with Crippen molar-refractivity contribution in [1.29, 1.82) is 0 Å². The standard InChI is InChI=1S/C17H32O6/c1-6-12-9(3)8(2)10(4)17(22-12)23-16-14(19)11(5)21-13(7-18)15(16)20/h8-20H,6-7H2,1-5H3. The lowest BCUT2D eigenvalue weighted by Gasteiger charge is -2.47. The summed E-state index contributed by atoms with van der Waals surface area (Å²) in [5.41, 5.74) is 0. The minimum absolute atomic E-state index is 0.103. The maximum absolute atomic E-state index is 10.3. The van der Waals surface area contributed by atoms with E-state index in [1.807, 2.05) is 0 Å². The second kappa shape index (κ2) is 7.76. The van der Waals surface area contributed by atoms with Crippen molar-refractivity contribution in [2.75, 3.05) is 6.61 Å². The molecule has 2 saturated heterocycles. The molecular formula is C17H32O6. The van der Waals surface area contributed by atoms with Gasteiger partial charge >= 0.3 is 0 Å².